The monoisotopic (exact) mass is 443 g/mol. The first-order chi connectivity index (χ1) is 15.3. The zero-order valence-corrected chi connectivity index (χ0v) is 18.4. The first-order valence-electron chi connectivity index (χ1n) is 10.8. The summed E-state index contributed by atoms with van der Waals surface area (Å²) in [5, 5.41) is 21.9. The first kappa shape index (κ1) is 23.3. The van der Waals surface area contributed by atoms with Crippen molar-refractivity contribution in [3.05, 3.63) is 29.8 Å². The number of carbonyl (C=O) groups excluding carboxylic acids is 2. The number of urea groups is 1. The minimum atomic E-state index is -1.19. The van der Waals surface area contributed by atoms with Crippen LogP contribution in [-0.2, 0) is 4.79 Å². The molecule has 0 aliphatic carbocycles. The normalized spacial score (nSPS) is 21.2. The molecule has 0 radical (unpaired) electrons. The third-order valence-corrected chi connectivity index (χ3v) is 5.81. The zero-order chi connectivity index (χ0) is 23.3. The third-order valence-electron chi connectivity index (χ3n) is 5.81. The molecule has 4 amide bonds. The summed E-state index contributed by atoms with van der Waals surface area (Å²) in [6.07, 6.45) is 0.0891. The van der Waals surface area contributed by atoms with E-state index in [2.05, 4.69) is 10.2 Å². The maximum Gasteiger partial charge on any atom is 0.441 e. The lowest BCUT2D eigenvalue weighted by molar-refractivity contribution is -0.120. The van der Waals surface area contributed by atoms with Gasteiger partial charge in [0.25, 0.3) is 0 Å². The Morgan fingerprint density at radius 2 is 1.84 bits per heavy atom. The molecular weight excluding hydrogens is 414 g/mol. The van der Waals surface area contributed by atoms with Gasteiger partial charge in [0.15, 0.2) is 5.75 Å². The maximum absolute atomic E-state index is 12.3. The Labute approximate surface area is 187 Å². The minimum absolute atomic E-state index is 0.267. The lowest BCUT2D eigenvalue weighted by Crippen LogP contribution is -2.58. The van der Waals surface area contributed by atoms with E-state index < -0.39 is 12.1 Å². The quantitative estimate of drug-likeness (QED) is 0.645. The van der Waals surface area contributed by atoms with Crippen molar-refractivity contribution in [2.24, 2.45) is 11.8 Å². The number of rotatable bonds is 6. The van der Waals surface area contributed by atoms with Crippen molar-refractivity contribution in [1.29, 1.82) is 5.26 Å². The highest BCUT2D eigenvalue weighted by molar-refractivity contribution is 5.94. The SMILES string of the molecule is CCC(=O)NC(=O)N1CC2CC(CN(CC(C)N(Oc3ccc(C#N)cc3)C(=O)O)C2)C1. The van der Waals surface area contributed by atoms with Crippen molar-refractivity contribution in [3.63, 3.8) is 0 Å². The summed E-state index contributed by atoms with van der Waals surface area (Å²) in [6, 6.07) is 7.52. The Kier molecular flexibility index (Phi) is 7.53. The fraction of sp³-hybridized carbons (Fsp3) is 0.545. The minimum Gasteiger partial charge on any atom is -0.463 e. The molecule has 2 aliphatic rings. The molecule has 10 heteroatoms. The van der Waals surface area contributed by atoms with Crippen molar-refractivity contribution in [1.82, 2.24) is 20.2 Å². The van der Waals surface area contributed by atoms with Crippen LogP contribution >= 0.6 is 0 Å². The van der Waals surface area contributed by atoms with Crippen LogP contribution in [0.5, 0.6) is 5.75 Å². The number of nitrogens with one attached hydrogen (secondary N) is 1. The van der Waals surface area contributed by atoms with Gasteiger partial charge >= 0.3 is 12.1 Å². The molecule has 172 valence electrons. The van der Waals surface area contributed by atoms with Gasteiger partial charge in [-0.15, -0.1) is 5.06 Å². The van der Waals surface area contributed by atoms with Gasteiger partial charge in [-0.1, -0.05) is 6.92 Å². The molecule has 3 atom stereocenters. The number of fused-ring (bicyclic) bond motifs is 2. The number of carbonyl (C=O) groups is 3. The fourth-order valence-corrected chi connectivity index (χ4v) is 4.46. The lowest BCUT2D eigenvalue weighted by Gasteiger charge is -2.46. The van der Waals surface area contributed by atoms with E-state index in [1.807, 2.05) is 6.07 Å². The second-order valence-electron chi connectivity index (χ2n) is 8.48. The molecule has 1 aromatic carbocycles. The summed E-state index contributed by atoms with van der Waals surface area (Å²) >= 11 is 0. The summed E-state index contributed by atoms with van der Waals surface area (Å²) < 4.78 is 0. The summed E-state index contributed by atoms with van der Waals surface area (Å²) in [4.78, 5) is 45.1. The Hall–Kier alpha value is -3.32. The molecule has 1 aromatic rings. The Morgan fingerprint density at radius 3 is 2.38 bits per heavy atom. The molecule has 32 heavy (non-hydrogen) atoms. The van der Waals surface area contributed by atoms with Crippen LogP contribution in [0.4, 0.5) is 9.59 Å². The second kappa shape index (κ2) is 10.3. The summed E-state index contributed by atoms with van der Waals surface area (Å²) in [6.45, 7) is 6.64. The van der Waals surface area contributed by atoms with Crippen LogP contribution in [0.3, 0.4) is 0 Å². The second-order valence-corrected chi connectivity index (χ2v) is 8.48. The van der Waals surface area contributed by atoms with E-state index in [-0.39, 0.29) is 30.2 Å². The van der Waals surface area contributed by atoms with Crippen molar-refractivity contribution in [2.75, 3.05) is 32.7 Å². The maximum atomic E-state index is 12.3. The molecule has 0 saturated carbocycles. The van der Waals surface area contributed by atoms with Crippen LogP contribution in [0.25, 0.3) is 0 Å². The fourth-order valence-electron chi connectivity index (χ4n) is 4.46. The van der Waals surface area contributed by atoms with Crippen molar-refractivity contribution in [3.8, 4) is 11.8 Å². The molecular formula is C22H29N5O5. The molecule has 0 spiro atoms. The highest BCUT2D eigenvalue weighted by Gasteiger charge is 2.37. The van der Waals surface area contributed by atoms with Gasteiger partial charge in [0.05, 0.1) is 17.7 Å². The number of nitriles is 1. The standard InChI is InChI=1S/C22H29N5O5/c1-3-20(28)24-21(29)26-13-17-8-18(14-26)12-25(11-17)10-15(2)27(22(30)31)32-19-6-4-16(9-23)5-7-19/h4-7,15,17-18H,3,8,10-14H2,1-2H3,(H,30,31)(H,24,28,29). The van der Waals surface area contributed by atoms with Crippen molar-refractivity contribution < 1.29 is 24.3 Å². The van der Waals surface area contributed by atoms with Gasteiger partial charge in [-0.25, -0.2) is 9.59 Å². The van der Waals surface area contributed by atoms with Crippen molar-refractivity contribution in [2.45, 2.75) is 32.7 Å². The molecule has 2 heterocycles. The van der Waals surface area contributed by atoms with Gasteiger partial charge in [0, 0.05) is 39.1 Å². The highest BCUT2D eigenvalue weighted by atomic mass is 16.7. The molecule has 2 N–H and O–H groups in total. The van der Waals surface area contributed by atoms with E-state index in [0.29, 0.717) is 30.9 Å². The molecule has 2 aliphatic heterocycles. The number of amides is 4. The van der Waals surface area contributed by atoms with E-state index in [0.717, 1.165) is 24.6 Å². The zero-order valence-electron chi connectivity index (χ0n) is 18.4. The van der Waals surface area contributed by atoms with Gasteiger partial charge < -0.3 is 19.7 Å². The predicted octanol–water partition coefficient (Wildman–Crippen LogP) is 2.12. The van der Waals surface area contributed by atoms with Gasteiger partial charge in [0.1, 0.15) is 0 Å². The molecule has 3 rings (SSSR count). The summed E-state index contributed by atoms with van der Waals surface area (Å²) in [5.74, 6) is 0.610. The Bertz CT molecular complexity index is 870. The number of nitrogens with zero attached hydrogens (tertiary/aromatic N) is 4. The van der Waals surface area contributed by atoms with Crippen LogP contribution in [0.1, 0.15) is 32.3 Å². The molecule has 2 saturated heterocycles. The Morgan fingerprint density at radius 1 is 1.22 bits per heavy atom. The van der Waals surface area contributed by atoms with Gasteiger partial charge in [-0.2, -0.15) is 5.26 Å². The molecule has 2 bridgehead atoms. The van der Waals surface area contributed by atoms with Gasteiger partial charge in [0.2, 0.25) is 5.91 Å². The number of likely N-dealkylation sites (tertiary alicyclic amines) is 2. The topological polar surface area (TPSA) is 126 Å². The summed E-state index contributed by atoms with van der Waals surface area (Å²) in [5.41, 5.74) is 0.467. The van der Waals surface area contributed by atoms with E-state index in [4.69, 9.17) is 10.1 Å². The van der Waals surface area contributed by atoms with E-state index in [1.54, 1.807) is 43.0 Å². The first-order valence-corrected chi connectivity index (χ1v) is 10.8. The largest absolute Gasteiger partial charge is 0.463 e. The molecule has 2 fully saturated rings. The van der Waals surface area contributed by atoms with Crippen LogP contribution in [-0.4, -0.2) is 76.8 Å². The molecule has 10 nitrogen and oxygen atoms in total. The number of carboxylic acid groups (broad SMARTS) is 1. The molecule has 0 aromatic heterocycles. The number of piperidine rings is 2. The predicted molar refractivity (Wildman–Crippen MR) is 115 cm³/mol. The van der Waals surface area contributed by atoms with E-state index in [9.17, 15) is 19.5 Å². The number of imide groups is 1. The number of hydroxylamine groups is 2. The summed E-state index contributed by atoms with van der Waals surface area (Å²) in [7, 11) is 0. The Balaban J connectivity index is 1.56. The van der Waals surface area contributed by atoms with Gasteiger partial charge in [-0.05, 0) is 49.4 Å². The van der Waals surface area contributed by atoms with Crippen LogP contribution in [0.2, 0.25) is 0 Å². The van der Waals surface area contributed by atoms with Crippen LogP contribution in [0, 0.1) is 23.2 Å². The third kappa shape index (κ3) is 5.88. The van der Waals surface area contributed by atoms with E-state index >= 15 is 0 Å². The number of benzene rings is 1. The smallest absolute Gasteiger partial charge is 0.441 e. The van der Waals surface area contributed by atoms with Crippen LogP contribution < -0.4 is 10.2 Å². The number of hydrogen-bond donors (Lipinski definition) is 2. The van der Waals surface area contributed by atoms with E-state index in [1.165, 1.54) is 0 Å². The average Bonchev–Trinajstić information content (AvgIpc) is 2.76. The lowest BCUT2D eigenvalue weighted by atomic mass is 9.84. The molecule has 3 unspecified atom stereocenters. The van der Waals surface area contributed by atoms with Crippen molar-refractivity contribution >= 4 is 18.0 Å². The highest BCUT2D eigenvalue weighted by Crippen LogP contribution is 2.29. The average molecular weight is 444 g/mol. The van der Waals surface area contributed by atoms with Gasteiger partial charge in [-0.3, -0.25) is 10.1 Å². The number of hydrogen-bond acceptors (Lipinski definition) is 6. The van der Waals surface area contributed by atoms with Crippen LogP contribution in [0.15, 0.2) is 24.3 Å².